The predicted octanol–water partition coefficient (Wildman–Crippen LogP) is 4.27. The van der Waals surface area contributed by atoms with Crippen LogP contribution in [-0.2, 0) is 54.2 Å². The van der Waals surface area contributed by atoms with Gasteiger partial charge in [0.1, 0.15) is 43.2 Å². The van der Waals surface area contributed by atoms with E-state index in [-0.39, 0.29) is 36.3 Å². The van der Waals surface area contributed by atoms with Crippen LogP contribution in [0.2, 0.25) is 0 Å². The Hall–Kier alpha value is -5.94. The van der Waals surface area contributed by atoms with Crippen molar-refractivity contribution >= 4 is 35.8 Å². The van der Waals surface area contributed by atoms with E-state index in [0.29, 0.717) is 11.1 Å². The summed E-state index contributed by atoms with van der Waals surface area (Å²) in [5.74, 6) is -7.07. The zero-order valence-electron chi connectivity index (χ0n) is 37.1. The second kappa shape index (κ2) is 18.1. The lowest BCUT2D eigenvalue weighted by atomic mass is 9.44. The van der Waals surface area contributed by atoms with Crippen molar-refractivity contribution in [3.8, 4) is 0 Å². The highest BCUT2D eigenvalue weighted by Crippen LogP contribution is 2.64. The molecule has 3 aromatic carbocycles. The van der Waals surface area contributed by atoms with Gasteiger partial charge in [0, 0.05) is 31.1 Å². The highest BCUT2D eigenvalue weighted by molar-refractivity contribution is 5.94. The maximum atomic E-state index is 15.1. The van der Waals surface area contributed by atoms with Crippen molar-refractivity contribution in [1.29, 1.82) is 0 Å². The van der Waals surface area contributed by atoms with Crippen LogP contribution in [0.4, 0.5) is 4.79 Å². The van der Waals surface area contributed by atoms with Gasteiger partial charge in [0.05, 0.1) is 29.6 Å². The first-order valence-electron chi connectivity index (χ1n) is 21.6. The van der Waals surface area contributed by atoms with Crippen LogP contribution in [0.5, 0.6) is 0 Å². The molecule has 346 valence electrons. The Morgan fingerprint density at radius 3 is 2.11 bits per heavy atom. The van der Waals surface area contributed by atoms with Crippen LogP contribution >= 0.6 is 0 Å². The maximum Gasteiger partial charge on any atom is 0.407 e. The van der Waals surface area contributed by atoms with Crippen LogP contribution in [0.1, 0.15) is 81.8 Å². The van der Waals surface area contributed by atoms with Gasteiger partial charge in [-0.15, -0.1) is 0 Å². The molecular formula is C49H55NO15. The minimum absolute atomic E-state index is 0.0573. The zero-order valence-corrected chi connectivity index (χ0v) is 37.1. The van der Waals surface area contributed by atoms with E-state index in [1.165, 1.54) is 26.0 Å². The lowest BCUT2D eigenvalue weighted by Crippen LogP contribution is -2.81. The Labute approximate surface area is 376 Å². The van der Waals surface area contributed by atoms with E-state index < -0.39 is 119 Å². The molecule has 2 bridgehead atoms. The monoisotopic (exact) mass is 897 g/mol. The highest BCUT2D eigenvalue weighted by Gasteiger charge is 2.78. The van der Waals surface area contributed by atoms with Gasteiger partial charge in [-0.2, -0.15) is 0 Å². The fourth-order valence-electron chi connectivity index (χ4n) is 10.4. The predicted molar refractivity (Wildman–Crippen MR) is 228 cm³/mol. The van der Waals surface area contributed by atoms with Gasteiger partial charge >= 0.3 is 30.0 Å². The zero-order chi connectivity index (χ0) is 47.1. The van der Waals surface area contributed by atoms with E-state index in [9.17, 15) is 39.3 Å². The number of ketones is 1. The Kier molecular flexibility index (Phi) is 13.1. The topological polar surface area (TPSA) is 231 Å². The van der Waals surface area contributed by atoms with E-state index in [1.54, 1.807) is 93.6 Å². The maximum absolute atomic E-state index is 15.1. The molecule has 1 heterocycles. The Morgan fingerprint density at radius 1 is 0.892 bits per heavy atom. The molecule has 11 atom stereocenters. The number of amides is 1. The number of fused-ring (bicyclic) bond motifs is 5. The lowest BCUT2D eigenvalue weighted by molar-refractivity contribution is -0.346. The fourth-order valence-corrected chi connectivity index (χ4v) is 10.4. The molecule has 0 spiro atoms. The number of rotatable bonds is 12. The minimum atomic E-state index is -2.36. The third-order valence-corrected chi connectivity index (χ3v) is 14.0. The van der Waals surface area contributed by atoms with Gasteiger partial charge < -0.3 is 49.1 Å². The van der Waals surface area contributed by atoms with Gasteiger partial charge in [-0.05, 0) is 48.3 Å². The number of ether oxygens (including phenoxy) is 6. The Morgan fingerprint density at radius 2 is 1.51 bits per heavy atom. The summed E-state index contributed by atoms with van der Waals surface area (Å²) in [6, 6.07) is 25.4. The van der Waals surface area contributed by atoms with Crippen molar-refractivity contribution in [2.24, 2.45) is 16.7 Å². The number of Topliss-reactive ketones (excluding diaryl/α,β-unsaturated/α-hetero) is 1. The molecule has 1 aliphatic heterocycles. The molecule has 4 N–H and O–H groups in total. The Bertz CT molecular complexity index is 2340. The molecule has 0 radical (unpaired) electrons. The number of esters is 4. The number of hydrogen-bond donors (Lipinski definition) is 4. The number of aliphatic hydroxyl groups is 3. The van der Waals surface area contributed by atoms with E-state index in [2.05, 4.69) is 5.32 Å². The van der Waals surface area contributed by atoms with Crippen LogP contribution in [-0.4, -0.2) is 112 Å². The summed E-state index contributed by atoms with van der Waals surface area (Å²) in [7, 11) is 0. The average molecular weight is 898 g/mol. The van der Waals surface area contributed by atoms with Crippen LogP contribution in [0.25, 0.3) is 0 Å². The van der Waals surface area contributed by atoms with Crippen LogP contribution < -0.4 is 5.32 Å². The van der Waals surface area contributed by atoms with E-state index in [4.69, 9.17) is 28.4 Å². The summed E-state index contributed by atoms with van der Waals surface area (Å²) < 4.78 is 35.4. The molecule has 3 aromatic rings. The molecule has 2 unspecified atom stereocenters. The standard InChI is InChI=1S/C49H55NO15/c1-27(31-18-12-8-13-19-31)39(63-36(53)24-50-45(58)60-25-30-16-10-7-11-17-30)44(57)62-33-23-49(59)42(64-43(56)32-20-14-9-15-21-32)40-47(6,41(55)38(54)37(28(33)2)46(49,4)5)34(52)22-35-48(40,26-61-35)65-29(3)51/h7-21,27,33-35,38-40,42,52,54,59H,22-26H2,1-6H3,(H,50,58)/t27-,33-,34-,35+,38+,39+,40-,42?,47+,48-,49?/m0/s1. The SMILES string of the molecule is CC(=O)O[C@@]12CO[C@@H]1C[C@H](O)[C@@]1(C)C(=O)[C@H](O)C3=C(C)[C@@H](OC(=O)[C@H](OC(=O)CNC(=O)OCc4ccccc4)[C@@H](C)c4ccccc4)CC(O)(C(OC(=O)c4ccccc4)[C@H]21)C3(C)C. The molecule has 3 fully saturated rings. The van der Waals surface area contributed by atoms with Crippen LogP contribution in [0.15, 0.2) is 102 Å². The second-order valence-corrected chi connectivity index (χ2v) is 18.1. The number of carbonyl (C=O) groups excluding carboxylic acids is 6. The largest absolute Gasteiger partial charge is 0.455 e. The number of aliphatic hydroxyl groups excluding tert-OH is 2. The lowest BCUT2D eigenvalue weighted by Gasteiger charge is -2.67. The molecule has 1 saturated heterocycles. The van der Waals surface area contributed by atoms with Crippen molar-refractivity contribution in [1.82, 2.24) is 5.32 Å². The molecule has 2 saturated carbocycles. The van der Waals surface area contributed by atoms with Crippen LogP contribution in [0, 0.1) is 16.7 Å². The van der Waals surface area contributed by atoms with Crippen molar-refractivity contribution in [2.45, 2.75) is 115 Å². The van der Waals surface area contributed by atoms with E-state index in [1.807, 2.05) is 6.07 Å². The summed E-state index contributed by atoms with van der Waals surface area (Å²) >= 11 is 0. The third-order valence-electron chi connectivity index (χ3n) is 14.0. The number of alkyl carbamates (subject to hydrolysis) is 1. The minimum Gasteiger partial charge on any atom is -0.455 e. The number of nitrogens with one attached hydrogen (secondary N) is 1. The van der Waals surface area contributed by atoms with Crippen molar-refractivity contribution in [3.63, 3.8) is 0 Å². The number of hydrogen-bond acceptors (Lipinski definition) is 15. The molecule has 16 nitrogen and oxygen atoms in total. The highest BCUT2D eigenvalue weighted by atomic mass is 16.6. The first-order valence-corrected chi connectivity index (χ1v) is 21.6. The molecule has 7 rings (SSSR count). The Balaban J connectivity index is 1.27. The molecule has 16 heteroatoms. The van der Waals surface area contributed by atoms with Crippen molar-refractivity contribution in [3.05, 3.63) is 119 Å². The molecule has 4 aliphatic rings. The third kappa shape index (κ3) is 8.44. The van der Waals surface area contributed by atoms with E-state index in [0.717, 1.165) is 6.92 Å². The first-order chi connectivity index (χ1) is 30.8. The summed E-state index contributed by atoms with van der Waals surface area (Å²) in [5, 5.41) is 40.1. The number of carbonyl (C=O) groups is 6. The summed E-state index contributed by atoms with van der Waals surface area (Å²) in [5.41, 5.74) is -6.29. The van der Waals surface area contributed by atoms with Crippen molar-refractivity contribution < 1.29 is 72.5 Å². The fraction of sp³-hybridized carbons (Fsp3) is 0.469. The summed E-state index contributed by atoms with van der Waals surface area (Å²) in [4.78, 5) is 82.7. The number of benzene rings is 3. The van der Waals surface area contributed by atoms with Crippen LogP contribution in [0.3, 0.4) is 0 Å². The average Bonchev–Trinajstić information content (AvgIpc) is 3.28. The molecule has 1 amide bonds. The van der Waals surface area contributed by atoms with Crippen molar-refractivity contribution in [2.75, 3.05) is 13.2 Å². The van der Waals surface area contributed by atoms with Gasteiger partial charge in [0.15, 0.2) is 11.4 Å². The second-order valence-electron chi connectivity index (χ2n) is 18.1. The smallest absolute Gasteiger partial charge is 0.407 e. The quantitative estimate of drug-likeness (QED) is 0.113. The normalized spacial score (nSPS) is 30.9. The molecule has 0 aromatic heterocycles. The van der Waals surface area contributed by atoms with Gasteiger partial charge in [-0.3, -0.25) is 14.4 Å². The summed E-state index contributed by atoms with van der Waals surface area (Å²) in [6.07, 6.45) is -11.1. The van der Waals surface area contributed by atoms with Gasteiger partial charge in [0.2, 0.25) is 6.10 Å². The van der Waals surface area contributed by atoms with Gasteiger partial charge in [-0.25, -0.2) is 14.4 Å². The van der Waals surface area contributed by atoms with Gasteiger partial charge in [-0.1, -0.05) is 99.6 Å². The van der Waals surface area contributed by atoms with Gasteiger partial charge in [0.25, 0.3) is 0 Å². The molecule has 3 aliphatic carbocycles. The van der Waals surface area contributed by atoms with E-state index >= 15 is 4.79 Å². The molecular weight excluding hydrogens is 843 g/mol. The first kappa shape index (κ1) is 47.0. The molecule has 65 heavy (non-hydrogen) atoms. The summed E-state index contributed by atoms with van der Waals surface area (Å²) in [6.45, 7) is 7.78.